The van der Waals surface area contributed by atoms with Crippen molar-refractivity contribution in [2.45, 2.75) is 19.4 Å². The molecule has 3 rings (SSSR count). The number of ether oxygens (including phenoxy) is 2. The Hall–Kier alpha value is -0.970. The van der Waals surface area contributed by atoms with Crippen LogP contribution in [-0.4, -0.2) is 56.7 Å². The smallest absolute Gasteiger partial charge is 0.165 e. The standard InChI is InChI=1S/C17H25ClN2O2/c1-21-16-10-15(18)9-14(17(16)22-2)12-20-7-5-19(6-8-20)11-13-3-4-13/h9-10,13H,3-8,11-12H2,1-2H3. The molecule has 1 aliphatic heterocycles. The van der Waals surface area contributed by atoms with E-state index in [1.54, 1.807) is 20.3 Å². The molecule has 1 saturated heterocycles. The molecule has 1 saturated carbocycles. The first-order chi connectivity index (χ1) is 10.7. The van der Waals surface area contributed by atoms with Crippen molar-refractivity contribution in [2.75, 3.05) is 46.9 Å². The third-order valence-corrected chi connectivity index (χ3v) is 4.81. The molecule has 122 valence electrons. The van der Waals surface area contributed by atoms with Gasteiger partial charge in [-0.15, -0.1) is 0 Å². The van der Waals surface area contributed by atoms with Crippen molar-refractivity contribution in [3.8, 4) is 11.5 Å². The molecule has 0 aromatic heterocycles. The van der Waals surface area contributed by atoms with E-state index in [9.17, 15) is 0 Å². The fourth-order valence-corrected chi connectivity index (χ4v) is 3.39. The number of nitrogens with zero attached hydrogens (tertiary/aromatic N) is 2. The summed E-state index contributed by atoms with van der Waals surface area (Å²) in [5.41, 5.74) is 1.10. The van der Waals surface area contributed by atoms with E-state index in [1.807, 2.05) is 6.07 Å². The van der Waals surface area contributed by atoms with Crippen molar-refractivity contribution in [3.05, 3.63) is 22.7 Å². The van der Waals surface area contributed by atoms with Crippen LogP contribution >= 0.6 is 11.6 Å². The van der Waals surface area contributed by atoms with E-state index in [0.29, 0.717) is 10.8 Å². The largest absolute Gasteiger partial charge is 0.493 e. The second kappa shape index (κ2) is 7.07. The SMILES string of the molecule is COc1cc(Cl)cc(CN2CCN(CC3CC3)CC2)c1OC. The van der Waals surface area contributed by atoms with Crippen molar-refractivity contribution in [1.82, 2.24) is 9.80 Å². The molecule has 22 heavy (non-hydrogen) atoms. The van der Waals surface area contributed by atoms with Gasteiger partial charge >= 0.3 is 0 Å². The van der Waals surface area contributed by atoms with E-state index in [-0.39, 0.29) is 0 Å². The van der Waals surface area contributed by atoms with Crippen LogP contribution in [0.15, 0.2) is 12.1 Å². The summed E-state index contributed by atoms with van der Waals surface area (Å²) in [6, 6.07) is 3.79. The number of hydrogen-bond acceptors (Lipinski definition) is 4. The summed E-state index contributed by atoms with van der Waals surface area (Å²) in [4.78, 5) is 5.07. The lowest BCUT2D eigenvalue weighted by atomic mass is 10.1. The molecule has 0 unspecified atom stereocenters. The predicted molar refractivity (Wildman–Crippen MR) is 89.0 cm³/mol. The quantitative estimate of drug-likeness (QED) is 0.803. The lowest BCUT2D eigenvalue weighted by Crippen LogP contribution is -2.46. The average molecular weight is 325 g/mol. The van der Waals surface area contributed by atoms with Gasteiger partial charge in [0.25, 0.3) is 0 Å². The molecule has 5 heteroatoms. The van der Waals surface area contributed by atoms with Gasteiger partial charge in [-0.25, -0.2) is 0 Å². The Balaban J connectivity index is 1.62. The van der Waals surface area contributed by atoms with Gasteiger partial charge in [-0.3, -0.25) is 4.90 Å². The zero-order chi connectivity index (χ0) is 15.5. The molecule has 0 radical (unpaired) electrons. The summed E-state index contributed by atoms with van der Waals surface area (Å²) in [5, 5.41) is 0.694. The number of piperazine rings is 1. The summed E-state index contributed by atoms with van der Waals surface area (Å²) >= 11 is 6.20. The maximum atomic E-state index is 6.20. The lowest BCUT2D eigenvalue weighted by molar-refractivity contribution is 0.122. The average Bonchev–Trinajstić information content (AvgIpc) is 3.32. The molecule has 1 aromatic rings. The highest BCUT2D eigenvalue weighted by Gasteiger charge is 2.26. The van der Waals surface area contributed by atoms with Crippen LogP contribution in [-0.2, 0) is 6.54 Å². The molecular weight excluding hydrogens is 300 g/mol. The first kappa shape index (κ1) is 15.9. The predicted octanol–water partition coefficient (Wildman–Crippen LogP) is 2.88. The van der Waals surface area contributed by atoms with Crippen molar-refractivity contribution in [1.29, 1.82) is 0 Å². The first-order valence-corrected chi connectivity index (χ1v) is 8.42. The number of rotatable bonds is 6. The normalized spacial score (nSPS) is 20.1. The van der Waals surface area contributed by atoms with Crippen molar-refractivity contribution >= 4 is 11.6 Å². The van der Waals surface area contributed by atoms with Gasteiger partial charge in [0.15, 0.2) is 11.5 Å². The van der Waals surface area contributed by atoms with Crippen molar-refractivity contribution in [2.24, 2.45) is 5.92 Å². The molecule has 0 N–H and O–H groups in total. The maximum absolute atomic E-state index is 6.20. The Morgan fingerprint density at radius 1 is 1.05 bits per heavy atom. The van der Waals surface area contributed by atoms with Gasteiger partial charge in [0.2, 0.25) is 0 Å². The third-order valence-electron chi connectivity index (χ3n) is 4.59. The van der Waals surface area contributed by atoms with Crippen LogP contribution in [0.5, 0.6) is 11.5 Å². The maximum Gasteiger partial charge on any atom is 0.165 e. The zero-order valence-electron chi connectivity index (χ0n) is 13.5. The Labute approximate surface area is 137 Å². The van der Waals surface area contributed by atoms with Gasteiger partial charge in [-0.2, -0.15) is 0 Å². The molecular formula is C17H25ClN2O2. The van der Waals surface area contributed by atoms with E-state index in [4.69, 9.17) is 21.1 Å². The minimum atomic E-state index is 0.694. The molecule has 0 atom stereocenters. The minimum absolute atomic E-state index is 0.694. The third kappa shape index (κ3) is 3.86. The van der Waals surface area contributed by atoms with Gasteiger partial charge < -0.3 is 14.4 Å². The molecule has 1 aliphatic carbocycles. The number of hydrogen-bond donors (Lipinski definition) is 0. The summed E-state index contributed by atoms with van der Waals surface area (Å²) < 4.78 is 10.9. The van der Waals surface area contributed by atoms with Crippen molar-refractivity contribution < 1.29 is 9.47 Å². The lowest BCUT2D eigenvalue weighted by Gasteiger charge is -2.35. The van der Waals surface area contributed by atoms with Crippen LogP contribution in [0.4, 0.5) is 0 Å². The van der Waals surface area contributed by atoms with Crippen LogP contribution in [0.3, 0.4) is 0 Å². The zero-order valence-corrected chi connectivity index (χ0v) is 14.2. The monoisotopic (exact) mass is 324 g/mol. The fraction of sp³-hybridized carbons (Fsp3) is 0.647. The van der Waals surface area contributed by atoms with E-state index < -0.39 is 0 Å². The van der Waals surface area contributed by atoms with E-state index in [1.165, 1.54) is 19.4 Å². The first-order valence-electron chi connectivity index (χ1n) is 8.04. The fourth-order valence-electron chi connectivity index (χ4n) is 3.16. The highest BCUT2D eigenvalue weighted by atomic mass is 35.5. The van der Waals surface area contributed by atoms with E-state index in [0.717, 1.165) is 50.0 Å². The Bertz CT molecular complexity index is 512. The second-order valence-electron chi connectivity index (χ2n) is 6.32. The Morgan fingerprint density at radius 2 is 1.73 bits per heavy atom. The van der Waals surface area contributed by atoms with Crippen molar-refractivity contribution in [3.63, 3.8) is 0 Å². The highest BCUT2D eigenvalue weighted by molar-refractivity contribution is 6.30. The molecule has 2 aliphatic rings. The van der Waals surface area contributed by atoms with Gasteiger partial charge in [0.1, 0.15) is 0 Å². The van der Waals surface area contributed by atoms with E-state index in [2.05, 4.69) is 9.80 Å². The van der Waals surface area contributed by atoms with Crippen LogP contribution in [0.1, 0.15) is 18.4 Å². The minimum Gasteiger partial charge on any atom is -0.493 e. The van der Waals surface area contributed by atoms with Crippen LogP contribution in [0.25, 0.3) is 0 Å². The molecule has 4 nitrogen and oxygen atoms in total. The summed E-state index contributed by atoms with van der Waals surface area (Å²) in [5.74, 6) is 2.48. The van der Waals surface area contributed by atoms with Gasteiger partial charge in [0.05, 0.1) is 14.2 Å². The summed E-state index contributed by atoms with van der Waals surface area (Å²) in [6.07, 6.45) is 2.86. The van der Waals surface area contributed by atoms with Gasteiger partial charge in [0, 0.05) is 55.9 Å². The number of halogens is 1. The molecule has 0 spiro atoms. The van der Waals surface area contributed by atoms with Crippen LogP contribution in [0.2, 0.25) is 5.02 Å². The summed E-state index contributed by atoms with van der Waals surface area (Å²) in [7, 11) is 3.33. The highest BCUT2D eigenvalue weighted by Crippen LogP contribution is 2.35. The second-order valence-corrected chi connectivity index (χ2v) is 6.76. The summed E-state index contributed by atoms with van der Waals surface area (Å²) in [6.45, 7) is 6.68. The molecule has 0 amide bonds. The van der Waals surface area contributed by atoms with E-state index >= 15 is 0 Å². The molecule has 0 bridgehead atoms. The molecule has 1 aromatic carbocycles. The molecule has 2 fully saturated rings. The number of methoxy groups -OCH3 is 2. The van der Waals surface area contributed by atoms with Gasteiger partial charge in [-0.05, 0) is 24.8 Å². The van der Waals surface area contributed by atoms with Gasteiger partial charge in [-0.1, -0.05) is 11.6 Å². The molecule has 1 heterocycles. The Morgan fingerprint density at radius 3 is 2.32 bits per heavy atom. The van der Waals surface area contributed by atoms with Crippen LogP contribution < -0.4 is 9.47 Å². The Kier molecular flexibility index (Phi) is 5.11. The topological polar surface area (TPSA) is 24.9 Å². The number of benzene rings is 1. The van der Waals surface area contributed by atoms with Crippen LogP contribution in [0, 0.1) is 5.92 Å².